The quantitative estimate of drug-likeness (QED) is 0.361. The largest absolute Gasteiger partial charge is 0.370 e. The van der Waals surface area contributed by atoms with E-state index in [4.69, 9.17) is 10.7 Å². The molecule has 0 bridgehead atoms. The van der Waals surface area contributed by atoms with Crippen molar-refractivity contribution in [2.24, 2.45) is 16.6 Å². The van der Waals surface area contributed by atoms with E-state index in [1.54, 1.807) is 18.7 Å². The summed E-state index contributed by atoms with van der Waals surface area (Å²) in [7, 11) is 0. The number of likely N-dealkylation sites (tertiary alicyclic amines) is 1. The first-order valence-electron chi connectivity index (χ1n) is 9.40. The first kappa shape index (κ1) is 22.1. The molecule has 1 aliphatic rings. The normalized spacial score (nSPS) is 17.1. The molecule has 1 amide bonds. The number of nitrogens with one attached hydrogen (secondary N) is 1. The molecule has 0 aromatic carbocycles. The summed E-state index contributed by atoms with van der Waals surface area (Å²) in [4.78, 5) is 26.7. The molecule has 3 N–H and O–H groups in total. The summed E-state index contributed by atoms with van der Waals surface area (Å²) in [6, 6.07) is 3.99. The number of amides is 1. The van der Waals surface area contributed by atoms with Gasteiger partial charge in [0.2, 0.25) is 5.91 Å². The summed E-state index contributed by atoms with van der Waals surface area (Å²) in [5.74, 6) is 1.78. The van der Waals surface area contributed by atoms with Crippen molar-refractivity contribution in [3.63, 3.8) is 0 Å². The second kappa shape index (κ2) is 11.0. The van der Waals surface area contributed by atoms with Crippen LogP contribution in [0.5, 0.6) is 0 Å². The monoisotopic (exact) mass is 497 g/mol. The Balaban J connectivity index is 0.00000280. The van der Waals surface area contributed by atoms with Gasteiger partial charge < -0.3 is 16.0 Å². The van der Waals surface area contributed by atoms with E-state index in [1.807, 2.05) is 22.9 Å². The van der Waals surface area contributed by atoms with Gasteiger partial charge in [0.25, 0.3) is 0 Å². The minimum Gasteiger partial charge on any atom is -0.370 e. The number of hydrogen-bond acceptors (Lipinski definition) is 4. The lowest BCUT2D eigenvalue weighted by molar-refractivity contribution is -0.119. The van der Waals surface area contributed by atoms with Crippen molar-refractivity contribution in [1.29, 1.82) is 0 Å². The van der Waals surface area contributed by atoms with Crippen LogP contribution >= 0.6 is 24.0 Å². The van der Waals surface area contributed by atoms with Gasteiger partial charge in [-0.05, 0) is 43.4 Å². The van der Waals surface area contributed by atoms with Crippen LogP contribution in [0.15, 0.2) is 42.0 Å². The summed E-state index contributed by atoms with van der Waals surface area (Å²) in [5.41, 5.74) is 6.46. The van der Waals surface area contributed by atoms with E-state index in [9.17, 15) is 4.79 Å². The Morgan fingerprint density at radius 2 is 2.29 bits per heavy atom. The molecule has 9 heteroatoms. The average molecular weight is 497 g/mol. The number of pyridine rings is 1. The fraction of sp³-hybridized carbons (Fsp3) is 0.474. The Morgan fingerprint density at radius 3 is 3.00 bits per heavy atom. The number of piperidine rings is 1. The highest BCUT2D eigenvalue weighted by atomic mass is 127. The smallest absolute Gasteiger partial charge is 0.217 e. The standard InChI is InChI=1S/C19H27N7O.HI/c1-2-22-19(25-8-3-4-16(13-25)10-17(20)27)24-12-15-5-6-23-18(11-15)26-9-7-21-14-26;/h5-7,9,11,14,16H,2-4,8,10,12-13H2,1H3,(H2,20,27)(H,22,24);1H. The van der Waals surface area contributed by atoms with Crippen LogP contribution in [0.2, 0.25) is 0 Å². The number of carbonyl (C=O) groups is 1. The number of rotatable bonds is 6. The van der Waals surface area contributed by atoms with Gasteiger partial charge in [0.15, 0.2) is 5.96 Å². The van der Waals surface area contributed by atoms with E-state index in [-0.39, 0.29) is 29.9 Å². The second-order valence-corrected chi connectivity index (χ2v) is 6.79. The maximum absolute atomic E-state index is 11.3. The van der Waals surface area contributed by atoms with Crippen LogP contribution in [-0.2, 0) is 11.3 Å². The number of aromatic nitrogens is 3. The molecule has 1 aliphatic heterocycles. The molecule has 2 aromatic rings. The number of nitrogens with zero attached hydrogens (tertiary/aromatic N) is 5. The molecule has 2 aromatic heterocycles. The van der Waals surface area contributed by atoms with Crippen LogP contribution in [0, 0.1) is 5.92 Å². The highest BCUT2D eigenvalue weighted by Gasteiger charge is 2.23. The number of aliphatic imine (C=N–C) groups is 1. The van der Waals surface area contributed by atoms with E-state index in [1.165, 1.54) is 0 Å². The zero-order valence-electron chi connectivity index (χ0n) is 16.1. The predicted molar refractivity (Wildman–Crippen MR) is 120 cm³/mol. The molecule has 0 aliphatic carbocycles. The number of halogens is 1. The minimum absolute atomic E-state index is 0. The molecule has 0 spiro atoms. The highest BCUT2D eigenvalue weighted by molar-refractivity contribution is 14.0. The fourth-order valence-electron chi connectivity index (χ4n) is 3.40. The average Bonchev–Trinajstić information content (AvgIpc) is 3.20. The predicted octanol–water partition coefficient (Wildman–Crippen LogP) is 1.94. The van der Waals surface area contributed by atoms with E-state index in [0.717, 1.165) is 49.8 Å². The van der Waals surface area contributed by atoms with Crippen LogP contribution in [-0.4, -0.2) is 50.9 Å². The molecule has 0 saturated carbocycles. The maximum atomic E-state index is 11.3. The zero-order valence-corrected chi connectivity index (χ0v) is 18.5. The SMILES string of the molecule is CCNC(=NCc1ccnc(-n2ccnc2)c1)N1CCCC(CC(N)=O)C1.I. The summed E-state index contributed by atoms with van der Waals surface area (Å²) in [6.07, 6.45) is 9.64. The van der Waals surface area contributed by atoms with Crippen LogP contribution in [0.25, 0.3) is 5.82 Å². The van der Waals surface area contributed by atoms with Crippen molar-refractivity contribution in [3.8, 4) is 5.82 Å². The van der Waals surface area contributed by atoms with Gasteiger partial charge in [-0.1, -0.05) is 0 Å². The molecule has 1 saturated heterocycles. The maximum Gasteiger partial charge on any atom is 0.217 e. The topological polar surface area (TPSA) is 101 Å². The summed E-state index contributed by atoms with van der Waals surface area (Å²) < 4.78 is 1.87. The van der Waals surface area contributed by atoms with E-state index in [2.05, 4.69) is 27.1 Å². The molecular formula is C19H28IN7O. The fourth-order valence-corrected chi connectivity index (χ4v) is 3.40. The van der Waals surface area contributed by atoms with Gasteiger partial charge in [0.1, 0.15) is 12.1 Å². The van der Waals surface area contributed by atoms with Gasteiger partial charge in [0.05, 0.1) is 6.54 Å². The first-order chi connectivity index (χ1) is 13.2. The molecule has 152 valence electrons. The number of hydrogen-bond donors (Lipinski definition) is 2. The summed E-state index contributed by atoms with van der Waals surface area (Å²) in [5, 5.41) is 3.37. The van der Waals surface area contributed by atoms with Gasteiger partial charge in [-0.25, -0.2) is 15.0 Å². The van der Waals surface area contributed by atoms with Gasteiger partial charge in [-0.2, -0.15) is 0 Å². The third kappa shape index (κ3) is 6.18. The summed E-state index contributed by atoms with van der Waals surface area (Å²) in [6.45, 7) is 5.17. The first-order valence-corrected chi connectivity index (χ1v) is 9.40. The number of imidazole rings is 1. The number of carbonyl (C=O) groups excluding carboxylic acids is 1. The number of nitrogens with two attached hydrogens (primary N) is 1. The van der Waals surface area contributed by atoms with Crippen LogP contribution in [0.3, 0.4) is 0 Å². The Morgan fingerprint density at radius 1 is 1.43 bits per heavy atom. The van der Waals surface area contributed by atoms with Gasteiger partial charge in [-0.3, -0.25) is 9.36 Å². The zero-order chi connectivity index (χ0) is 19.1. The van der Waals surface area contributed by atoms with Crippen molar-refractivity contribution in [3.05, 3.63) is 42.6 Å². The Hall–Kier alpha value is -2.17. The minimum atomic E-state index is -0.229. The van der Waals surface area contributed by atoms with Crippen molar-refractivity contribution < 1.29 is 4.79 Å². The Labute approximate surface area is 182 Å². The van der Waals surface area contributed by atoms with Crippen LogP contribution in [0.1, 0.15) is 31.7 Å². The third-order valence-corrected chi connectivity index (χ3v) is 4.63. The molecule has 28 heavy (non-hydrogen) atoms. The third-order valence-electron chi connectivity index (χ3n) is 4.63. The van der Waals surface area contributed by atoms with Gasteiger partial charge in [-0.15, -0.1) is 24.0 Å². The molecule has 0 radical (unpaired) electrons. The van der Waals surface area contributed by atoms with Gasteiger partial charge >= 0.3 is 0 Å². The Bertz CT molecular complexity index is 778. The Kier molecular flexibility index (Phi) is 8.68. The lowest BCUT2D eigenvalue weighted by atomic mass is 9.95. The van der Waals surface area contributed by atoms with Crippen LogP contribution < -0.4 is 11.1 Å². The van der Waals surface area contributed by atoms with E-state index >= 15 is 0 Å². The van der Waals surface area contributed by atoms with Gasteiger partial charge in [0, 0.05) is 44.6 Å². The highest BCUT2D eigenvalue weighted by Crippen LogP contribution is 2.19. The molecule has 1 unspecified atom stereocenters. The molecule has 1 atom stereocenters. The number of guanidine groups is 1. The molecule has 3 rings (SSSR count). The van der Waals surface area contributed by atoms with E-state index in [0.29, 0.717) is 18.9 Å². The van der Waals surface area contributed by atoms with Crippen molar-refractivity contribution in [2.45, 2.75) is 32.7 Å². The van der Waals surface area contributed by atoms with E-state index < -0.39 is 0 Å². The molecular weight excluding hydrogens is 469 g/mol. The molecule has 8 nitrogen and oxygen atoms in total. The molecule has 3 heterocycles. The number of primary amides is 1. The lowest BCUT2D eigenvalue weighted by Crippen LogP contribution is -2.47. The van der Waals surface area contributed by atoms with Crippen LogP contribution in [0.4, 0.5) is 0 Å². The van der Waals surface area contributed by atoms with Crippen molar-refractivity contribution in [2.75, 3.05) is 19.6 Å². The lowest BCUT2D eigenvalue weighted by Gasteiger charge is -2.34. The molecule has 1 fully saturated rings. The summed E-state index contributed by atoms with van der Waals surface area (Å²) >= 11 is 0. The second-order valence-electron chi connectivity index (χ2n) is 6.79. The van der Waals surface area contributed by atoms with Crippen molar-refractivity contribution in [1.82, 2.24) is 24.8 Å². The van der Waals surface area contributed by atoms with Crippen molar-refractivity contribution >= 4 is 35.8 Å².